The number of thiophene rings is 1. The zero-order chi connectivity index (χ0) is 11.7. The van der Waals surface area contributed by atoms with Crippen LogP contribution in [-0.4, -0.2) is 12.0 Å². The summed E-state index contributed by atoms with van der Waals surface area (Å²) in [6, 6.07) is 2.32. The molecule has 2 nitrogen and oxygen atoms in total. The number of thiazole rings is 1. The van der Waals surface area contributed by atoms with E-state index < -0.39 is 0 Å². The fourth-order valence-corrected chi connectivity index (χ4v) is 3.74. The Kier molecular flexibility index (Phi) is 3.64. The molecule has 0 aliphatic heterocycles. The third kappa shape index (κ3) is 2.30. The van der Waals surface area contributed by atoms with E-state index in [1.807, 2.05) is 18.5 Å². The van der Waals surface area contributed by atoms with Crippen LogP contribution in [0.3, 0.4) is 0 Å². The van der Waals surface area contributed by atoms with Crippen molar-refractivity contribution in [3.05, 3.63) is 27.0 Å². The van der Waals surface area contributed by atoms with Gasteiger partial charge < -0.3 is 5.32 Å². The van der Waals surface area contributed by atoms with Gasteiger partial charge in [-0.1, -0.05) is 11.6 Å². The minimum atomic E-state index is 0.349. The van der Waals surface area contributed by atoms with Crippen LogP contribution in [0.5, 0.6) is 0 Å². The second kappa shape index (κ2) is 4.84. The smallest absolute Gasteiger partial charge is 0.133 e. The van der Waals surface area contributed by atoms with Gasteiger partial charge in [-0.15, -0.1) is 22.7 Å². The molecule has 0 aliphatic rings. The molecule has 0 aromatic carbocycles. The molecule has 5 heteroatoms. The van der Waals surface area contributed by atoms with E-state index in [1.165, 1.54) is 4.88 Å². The first kappa shape index (κ1) is 12.0. The monoisotopic (exact) mass is 272 g/mol. The van der Waals surface area contributed by atoms with Gasteiger partial charge in [0, 0.05) is 16.3 Å². The summed E-state index contributed by atoms with van der Waals surface area (Å²) in [4.78, 5) is 7.03. The van der Waals surface area contributed by atoms with E-state index >= 15 is 0 Å². The quantitative estimate of drug-likeness (QED) is 0.909. The number of rotatable bonds is 3. The predicted octanol–water partition coefficient (Wildman–Crippen LogP) is 4.11. The van der Waals surface area contributed by atoms with Crippen LogP contribution >= 0.6 is 34.3 Å². The van der Waals surface area contributed by atoms with Crippen LogP contribution in [0.4, 0.5) is 0 Å². The molecule has 0 aliphatic carbocycles. The SMILES string of the molecule is CNC(C)c1sc(-c2cc(Cl)cs2)nc1C. The van der Waals surface area contributed by atoms with Crippen molar-refractivity contribution in [3.63, 3.8) is 0 Å². The number of nitrogens with one attached hydrogen (secondary N) is 1. The van der Waals surface area contributed by atoms with Gasteiger partial charge in [0.25, 0.3) is 0 Å². The van der Waals surface area contributed by atoms with Crippen LogP contribution in [0.15, 0.2) is 11.4 Å². The van der Waals surface area contributed by atoms with Crippen LogP contribution in [0.2, 0.25) is 5.02 Å². The maximum absolute atomic E-state index is 5.92. The first-order valence-electron chi connectivity index (χ1n) is 5.00. The lowest BCUT2D eigenvalue weighted by Gasteiger charge is -2.06. The third-order valence-corrected chi connectivity index (χ3v) is 5.22. The van der Waals surface area contributed by atoms with Gasteiger partial charge in [0.15, 0.2) is 0 Å². The first-order chi connectivity index (χ1) is 7.61. The number of nitrogens with zero attached hydrogens (tertiary/aromatic N) is 1. The fraction of sp³-hybridized carbons (Fsp3) is 0.364. The lowest BCUT2D eigenvalue weighted by Crippen LogP contribution is -2.11. The summed E-state index contributed by atoms with van der Waals surface area (Å²) >= 11 is 9.30. The van der Waals surface area contributed by atoms with Crippen molar-refractivity contribution in [2.75, 3.05) is 7.05 Å². The molecule has 2 aromatic heterocycles. The van der Waals surface area contributed by atoms with E-state index in [1.54, 1.807) is 22.7 Å². The minimum Gasteiger partial charge on any atom is -0.312 e. The average molecular weight is 273 g/mol. The molecule has 0 radical (unpaired) electrons. The van der Waals surface area contributed by atoms with Gasteiger partial charge in [0.05, 0.1) is 15.6 Å². The molecule has 0 amide bonds. The van der Waals surface area contributed by atoms with E-state index in [2.05, 4.69) is 24.1 Å². The van der Waals surface area contributed by atoms with Crippen LogP contribution < -0.4 is 5.32 Å². The van der Waals surface area contributed by atoms with Gasteiger partial charge in [-0.05, 0) is 27.0 Å². The van der Waals surface area contributed by atoms with Gasteiger partial charge >= 0.3 is 0 Å². The normalized spacial score (nSPS) is 13.0. The van der Waals surface area contributed by atoms with Gasteiger partial charge in [-0.2, -0.15) is 0 Å². The second-order valence-electron chi connectivity index (χ2n) is 3.61. The topological polar surface area (TPSA) is 24.9 Å². The molecule has 16 heavy (non-hydrogen) atoms. The lowest BCUT2D eigenvalue weighted by atomic mass is 10.2. The summed E-state index contributed by atoms with van der Waals surface area (Å²) in [7, 11) is 1.96. The summed E-state index contributed by atoms with van der Waals surface area (Å²) in [6.45, 7) is 4.20. The van der Waals surface area contributed by atoms with Gasteiger partial charge in [-0.3, -0.25) is 0 Å². The van der Waals surface area contributed by atoms with Gasteiger partial charge in [0.2, 0.25) is 0 Å². The van der Waals surface area contributed by atoms with E-state index in [0.717, 1.165) is 20.6 Å². The standard InChI is InChI=1S/C11H13ClN2S2/c1-6(13-3)10-7(2)14-11(16-10)9-4-8(12)5-15-9/h4-6,13H,1-3H3. The van der Waals surface area contributed by atoms with Gasteiger partial charge in [-0.25, -0.2) is 4.98 Å². The Morgan fingerprint density at radius 2 is 2.25 bits per heavy atom. The zero-order valence-electron chi connectivity index (χ0n) is 9.37. The Morgan fingerprint density at radius 1 is 1.50 bits per heavy atom. The number of hydrogen-bond donors (Lipinski definition) is 1. The van der Waals surface area contributed by atoms with Crippen LogP contribution in [0.25, 0.3) is 9.88 Å². The molecule has 86 valence electrons. The van der Waals surface area contributed by atoms with Crippen molar-refractivity contribution >= 4 is 34.3 Å². The molecule has 0 fully saturated rings. The summed E-state index contributed by atoms with van der Waals surface area (Å²) in [5, 5.41) is 7.03. The van der Waals surface area contributed by atoms with Crippen molar-refractivity contribution in [2.24, 2.45) is 0 Å². The molecular weight excluding hydrogens is 260 g/mol. The fourth-order valence-electron chi connectivity index (χ4n) is 1.47. The maximum atomic E-state index is 5.92. The van der Waals surface area contributed by atoms with Crippen LogP contribution in [0, 0.1) is 6.92 Å². The molecule has 2 rings (SSSR count). The Balaban J connectivity index is 2.37. The highest BCUT2D eigenvalue weighted by molar-refractivity contribution is 7.21. The van der Waals surface area contributed by atoms with E-state index in [9.17, 15) is 0 Å². The Bertz CT molecular complexity index is 490. The molecule has 0 saturated heterocycles. The van der Waals surface area contributed by atoms with E-state index in [-0.39, 0.29) is 0 Å². The summed E-state index contributed by atoms with van der Waals surface area (Å²) < 4.78 is 0. The molecule has 2 heterocycles. The van der Waals surface area contributed by atoms with Crippen molar-refractivity contribution < 1.29 is 0 Å². The minimum absolute atomic E-state index is 0.349. The van der Waals surface area contributed by atoms with Gasteiger partial charge in [0.1, 0.15) is 5.01 Å². The van der Waals surface area contributed by atoms with Crippen molar-refractivity contribution in [1.29, 1.82) is 0 Å². The number of aryl methyl sites for hydroxylation is 1. The van der Waals surface area contributed by atoms with E-state index in [4.69, 9.17) is 11.6 Å². The van der Waals surface area contributed by atoms with Crippen molar-refractivity contribution in [2.45, 2.75) is 19.9 Å². The van der Waals surface area contributed by atoms with Crippen molar-refractivity contribution in [3.8, 4) is 9.88 Å². The van der Waals surface area contributed by atoms with Crippen molar-refractivity contribution in [1.82, 2.24) is 10.3 Å². The highest BCUT2D eigenvalue weighted by Gasteiger charge is 2.14. The highest BCUT2D eigenvalue weighted by atomic mass is 35.5. The average Bonchev–Trinajstić information content (AvgIpc) is 2.83. The van der Waals surface area contributed by atoms with Crippen LogP contribution in [-0.2, 0) is 0 Å². The Morgan fingerprint density at radius 3 is 2.81 bits per heavy atom. The maximum Gasteiger partial charge on any atom is 0.133 e. The predicted molar refractivity (Wildman–Crippen MR) is 72.6 cm³/mol. The number of aromatic nitrogens is 1. The summed E-state index contributed by atoms with van der Waals surface area (Å²) in [5.74, 6) is 0. The zero-order valence-corrected chi connectivity index (χ0v) is 11.8. The third-order valence-electron chi connectivity index (χ3n) is 2.44. The molecular formula is C11H13ClN2S2. The molecule has 0 spiro atoms. The molecule has 1 N–H and O–H groups in total. The Hall–Kier alpha value is -0.420. The summed E-state index contributed by atoms with van der Waals surface area (Å²) in [6.07, 6.45) is 0. The number of halogens is 1. The van der Waals surface area contributed by atoms with Crippen LogP contribution in [0.1, 0.15) is 23.5 Å². The first-order valence-corrected chi connectivity index (χ1v) is 7.08. The highest BCUT2D eigenvalue weighted by Crippen LogP contribution is 2.35. The van der Waals surface area contributed by atoms with E-state index in [0.29, 0.717) is 6.04 Å². The molecule has 2 aromatic rings. The summed E-state index contributed by atoms with van der Waals surface area (Å²) in [5.41, 5.74) is 1.10. The Labute approximate surface area is 108 Å². The molecule has 0 saturated carbocycles. The second-order valence-corrected chi connectivity index (χ2v) is 5.99. The number of hydrogen-bond acceptors (Lipinski definition) is 4. The lowest BCUT2D eigenvalue weighted by molar-refractivity contribution is 0.658. The molecule has 1 atom stereocenters. The molecule has 1 unspecified atom stereocenters. The largest absolute Gasteiger partial charge is 0.312 e. The molecule has 0 bridgehead atoms.